The smallest absolute Gasteiger partial charge is 0.221 e. The summed E-state index contributed by atoms with van der Waals surface area (Å²) in [6.45, 7) is 2.44. The summed E-state index contributed by atoms with van der Waals surface area (Å²) in [5, 5.41) is 3.00. The average molecular weight is 278 g/mol. The fourth-order valence-electron chi connectivity index (χ4n) is 3.06. The van der Waals surface area contributed by atoms with Gasteiger partial charge in [-0.2, -0.15) is 0 Å². The first-order valence-electron chi connectivity index (χ1n) is 7.30. The quantitative estimate of drug-likeness (QED) is 0.869. The molecule has 0 heterocycles. The molecule has 4 heteroatoms. The predicted molar refractivity (Wildman–Crippen MR) is 77.8 cm³/mol. The Labute approximate surface area is 119 Å². The van der Waals surface area contributed by atoms with Gasteiger partial charge in [0.1, 0.15) is 5.82 Å². The monoisotopic (exact) mass is 278 g/mol. The maximum absolute atomic E-state index is 13.1. The molecule has 1 amide bonds. The number of hydrogen-bond donors (Lipinski definition) is 2. The molecule has 1 aromatic carbocycles. The van der Waals surface area contributed by atoms with Crippen LogP contribution in [0.15, 0.2) is 24.3 Å². The maximum Gasteiger partial charge on any atom is 0.221 e. The summed E-state index contributed by atoms with van der Waals surface area (Å²) in [6.07, 6.45) is 4.73. The van der Waals surface area contributed by atoms with Gasteiger partial charge in [0.05, 0.1) is 0 Å². The van der Waals surface area contributed by atoms with Gasteiger partial charge >= 0.3 is 0 Å². The van der Waals surface area contributed by atoms with E-state index in [0.29, 0.717) is 13.0 Å². The minimum atomic E-state index is -0.220. The first-order valence-corrected chi connectivity index (χ1v) is 7.30. The Morgan fingerprint density at radius 1 is 1.35 bits per heavy atom. The SMILES string of the molecule is CC(N)CC(=O)NCC1(c2ccc(F)cc2)CCCC1. The zero-order valence-electron chi connectivity index (χ0n) is 12.0. The Morgan fingerprint density at radius 2 is 1.95 bits per heavy atom. The number of rotatable bonds is 5. The van der Waals surface area contributed by atoms with E-state index in [1.54, 1.807) is 0 Å². The van der Waals surface area contributed by atoms with Crippen LogP contribution in [0.3, 0.4) is 0 Å². The molecule has 1 aromatic rings. The molecule has 110 valence electrons. The Morgan fingerprint density at radius 3 is 2.50 bits per heavy atom. The normalized spacial score (nSPS) is 18.8. The number of hydrogen-bond acceptors (Lipinski definition) is 2. The van der Waals surface area contributed by atoms with E-state index in [1.165, 1.54) is 12.1 Å². The van der Waals surface area contributed by atoms with Gasteiger partial charge < -0.3 is 11.1 Å². The molecular weight excluding hydrogens is 255 g/mol. The van der Waals surface area contributed by atoms with E-state index in [9.17, 15) is 9.18 Å². The van der Waals surface area contributed by atoms with Gasteiger partial charge in [0.2, 0.25) is 5.91 Å². The molecule has 1 aliphatic rings. The molecule has 0 aromatic heterocycles. The summed E-state index contributed by atoms with van der Waals surface area (Å²) in [5.41, 5.74) is 6.72. The third-order valence-electron chi connectivity index (χ3n) is 4.15. The van der Waals surface area contributed by atoms with Gasteiger partial charge in [0, 0.05) is 24.4 Å². The Kier molecular flexibility index (Phi) is 4.76. The van der Waals surface area contributed by atoms with Crippen molar-refractivity contribution in [2.24, 2.45) is 5.73 Å². The van der Waals surface area contributed by atoms with Gasteiger partial charge in [-0.3, -0.25) is 4.79 Å². The van der Waals surface area contributed by atoms with E-state index in [0.717, 1.165) is 31.2 Å². The number of carbonyl (C=O) groups excluding carboxylic acids is 1. The molecule has 0 saturated heterocycles. The summed E-state index contributed by atoms with van der Waals surface area (Å²) in [5.74, 6) is -0.226. The summed E-state index contributed by atoms with van der Waals surface area (Å²) in [7, 11) is 0. The minimum Gasteiger partial charge on any atom is -0.355 e. The van der Waals surface area contributed by atoms with Gasteiger partial charge in [-0.1, -0.05) is 25.0 Å². The van der Waals surface area contributed by atoms with Crippen LogP contribution < -0.4 is 11.1 Å². The standard InChI is InChI=1S/C16H23FN2O/c1-12(18)10-15(20)19-11-16(8-2-3-9-16)13-4-6-14(17)7-5-13/h4-7,12H,2-3,8-11,18H2,1H3,(H,19,20). The molecule has 1 aliphatic carbocycles. The van der Waals surface area contributed by atoms with Crippen LogP contribution in [0.25, 0.3) is 0 Å². The van der Waals surface area contributed by atoms with E-state index in [2.05, 4.69) is 5.32 Å². The molecule has 20 heavy (non-hydrogen) atoms. The Bertz CT molecular complexity index is 450. The van der Waals surface area contributed by atoms with Crippen molar-refractivity contribution < 1.29 is 9.18 Å². The zero-order chi connectivity index (χ0) is 14.6. The summed E-state index contributed by atoms with van der Waals surface area (Å²) >= 11 is 0. The van der Waals surface area contributed by atoms with Crippen molar-refractivity contribution >= 4 is 5.91 Å². The molecule has 0 radical (unpaired) electrons. The number of carbonyl (C=O) groups is 1. The summed E-state index contributed by atoms with van der Waals surface area (Å²) < 4.78 is 13.1. The predicted octanol–water partition coefficient (Wildman–Crippen LogP) is 2.49. The molecule has 1 saturated carbocycles. The lowest BCUT2D eigenvalue weighted by molar-refractivity contribution is -0.121. The molecule has 0 aliphatic heterocycles. The summed E-state index contributed by atoms with van der Waals surface area (Å²) in [6, 6.07) is 6.56. The molecule has 3 nitrogen and oxygen atoms in total. The van der Waals surface area contributed by atoms with Crippen LogP contribution >= 0.6 is 0 Å². The fourth-order valence-corrected chi connectivity index (χ4v) is 3.06. The highest BCUT2D eigenvalue weighted by atomic mass is 19.1. The number of amides is 1. The van der Waals surface area contributed by atoms with Crippen molar-refractivity contribution in [1.29, 1.82) is 0 Å². The van der Waals surface area contributed by atoms with Crippen molar-refractivity contribution in [1.82, 2.24) is 5.32 Å². The van der Waals surface area contributed by atoms with Crippen LogP contribution in [0.1, 0.15) is 44.6 Å². The topological polar surface area (TPSA) is 55.1 Å². The summed E-state index contributed by atoms with van der Waals surface area (Å²) in [4.78, 5) is 11.8. The Hall–Kier alpha value is -1.42. The second-order valence-corrected chi connectivity index (χ2v) is 5.95. The average Bonchev–Trinajstić information content (AvgIpc) is 2.86. The van der Waals surface area contributed by atoms with Crippen LogP contribution in [0.4, 0.5) is 4.39 Å². The van der Waals surface area contributed by atoms with Crippen LogP contribution in [-0.2, 0) is 10.2 Å². The first-order chi connectivity index (χ1) is 9.52. The lowest BCUT2D eigenvalue weighted by Crippen LogP contribution is -2.40. The Balaban J connectivity index is 2.06. The zero-order valence-corrected chi connectivity index (χ0v) is 12.0. The number of benzene rings is 1. The van der Waals surface area contributed by atoms with Crippen LogP contribution in [0, 0.1) is 5.82 Å². The van der Waals surface area contributed by atoms with Crippen molar-refractivity contribution in [3.8, 4) is 0 Å². The number of nitrogens with two attached hydrogens (primary N) is 1. The second kappa shape index (κ2) is 6.35. The van der Waals surface area contributed by atoms with Crippen LogP contribution in [0.5, 0.6) is 0 Å². The molecule has 1 unspecified atom stereocenters. The highest BCUT2D eigenvalue weighted by Gasteiger charge is 2.35. The van der Waals surface area contributed by atoms with Gasteiger partial charge in [-0.15, -0.1) is 0 Å². The van der Waals surface area contributed by atoms with Crippen molar-refractivity contribution in [3.05, 3.63) is 35.6 Å². The van der Waals surface area contributed by atoms with E-state index >= 15 is 0 Å². The van der Waals surface area contributed by atoms with Gasteiger partial charge in [0.25, 0.3) is 0 Å². The lowest BCUT2D eigenvalue weighted by atomic mass is 9.78. The third kappa shape index (κ3) is 3.57. The molecule has 3 N–H and O–H groups in total. The minimum absolute atomic E-state index is 0.00612. The van der Waals surface area contributed by atoms with Crippen LogP contribution in [0.2, 0.25) is 0 Å². The second-order valence-electron chi connectivity index (χ2n) is 5.95. The molecule has 1 atom stereocenters. The maximum atomic E-state index is 13.1. The highest BCUT2D eigenvalue weighted by Crippen LogP contribution is 2.40. The van der Waals surface area contributed by atoms with E-state index in [4.69, 9.17) is 5.73 Å². The lowest BCUT2D eigenvalue weighted by Gasteiger charge is -2.30. The number of halogens is 1. The molecule has 0 spiro atoms. The van der Waals surface area contributed by atoms with Gasteiger partial charge in [-0.25, -0.2) is 4.39 Å². The number of nitrogens with one attached hydrogen (secondary N) is 1. The van der Waals surface area contributed by atoms with Gasteiger partial charge in [0.15, 0.2) is 0 Å². The fraction of sp³-hybridized carbons (Fsp3) is 0.562. The van der Waals surface area contributed by atoms with Crippen molar-refractivity contribution in [3.63, 3.8) is 0 Å². The van der Waals surface area contributed by atoms with Crippen molar-refractivity contribution in [2.75, 3.05) is 6.54 Å². The largest absolute Gasteiger partial charge is 0.355 e. The first kappa shape index (κ1) is 15.0. The van der Waals surface area contributed by atoms with Crippen molar-refractivity contribution in [2.45, 2.75) is 50.5 Å². The van der Waals surface area contributed by atoms with Crippen LogP contribution in [-0.4, -0.2) is 18.5 Å². The molecule has 1 fully saturated rings. The molecule has 0 bridgehead atoms. The third-order valence-corrected chi connectivity index (χ3v) is 4.15. The van der Waals surface area contributed by atoms with E-state index in [-0.39, 0.29) is 23.2 Å². The van der Waals surface area contributed by atoms with Gasteiger partial charge in [-0.05, 0) is 37.5 Å². The highest BCUT2D eigenvalue weighted by molar-refractivity contribution is 5.76. The molecule has 2 rings (SSSR count). The molecular formula is C16H23FN2O. The van der Waals surface area contributed by atoms with E-state index < -0.39 is 0 Å². The van der Waals surface area contributed by atoms with E-state index in [1.807, 2.05) is 19.1 Å².